The quantitative estimate of drug-likeness (QED) is 0.534. The predicted molar refractivity (Wildman–Crippen MR) is 65.3 cm³/mol. The summed E-state index contributed by atoms with van der Waals surface area (Å²) in [6.45, 7) is 3.42. The highest BCUT2D eigenvalue weighted by molar-refractivity contribution is 5.77. The van der Waals surface area contributed by atoms with E-state index in [1.54, 1.807) is 0 Å². The summed E-state index contributed by atoms with van der Waals surface area (Å²) in [5.74, 6) is 0.0963. The van der Waals surface area contributed by atoms with Crippen LogP contribution in [0.4, 0.5) is 0 Å². The molecule has 0 unspecified atom stereocenters. The van der Waals surface area contributed by atoms with Gasteiger partial charge in [-0.05, 0) is 26.2 Å². The van der Waals surface area contributed by atoms with Gasteiger partial charge in [0.05, 0.1) is 6.10 Å². The van der Waals surface area contributed by atoms with Gasteiger partial charge in [0.2, 0.25) is 5.91 Å². The Morgan fingerprint density at radius 2 is 2.19 bits per heavy atom. The van der Waals surface area contributed by atoms with Crippen molar-refractivity contribution in [1.29, 1.82) is 0 Å². The maximum atomic E-state index is 11.2. The van der Waals surface area contributed by atoms with Crippen molar-refractivity contribution in [1.82, 2.24) is 5.32 Å². The maximum absolute atomic E-state index is 11.2. The van der Waals surface area contributed by atoms with Gasteiger partial charge in [-0.25, -0.2) is 0 Å². The molecule has 0 atom stereocenters. The molecule has 0 spiro atoms. The molecule has 1 aliphatic carbocycles. The molecule has 16 heavy (non-hydrogen) atoms. The lowest BCUT2D eigenvalue weighted by Gasteiger charge is -2.10. The zero-order valence-electron chi connectivity index (χ0n) is 10.2. The van der Waals surface area contributed by atoms with Crippen molar-refractivity contribution in [2.75, 3.05) is 13.2 Å². The second-order valence-electron chi connectivity index (χ2n) is 4.25. The summed E-state index contributed by atoms with van der Waals surface area (Å²) in [6.07, 6.45) is 10.7. The molecule has 0 radical (unpaired) electrons. The van der Waals surface area contributed by atoms with Crippen LogP contribution in [0.25, 0.3) is 0 Å². The summed E-state index contributed by atoms with van der Waals surface area (Å²) in [7, 11) is 0. The summed E-state index contributed by atoms with van der Waals surface area (Å²) in [4.78, 5) is 11.2. The lowest BCUT2D eigenvalue weighted by atomic mass is 10.3. The molecule has 0 aromatic rings. The highest BCUT2D eigenvalue weighted by Gasteiger charge is 2.14. The number of allylic oxidation sites excluding steroid dienone is 1. The molecule has 1 aliphatic rings. The third kappa shape index (κ3) is 5.91. The van der Waals surface area contributed by atoms with E-state index in [1.165, 1.54) is 25.7 Å². The predicted octanol–water partition coefficient (Wildman–Crippen LogP) is 2.42. The van der Waals surface area contributed by atoms with Gasteiger partial charge in [-0.3, -0.25) is 4.79 Å². The Morgan fingerprint density at radius 1 is 1.44 bits per heavy atom. The molecule has 3 heteroatoms. The Hall–Kier alpha value is -0.830. The average molecular weight is 225 g/mol. The summed E-state index contributed by atoms with van der Waals surface area (Å²) in [5.41, 5.74) is 0. The Bertz CT molecular complexity index is 220. The third-order valence-corrected chi connectivity index (χ3v) is 2.84. The van der Waals surface area contributed by atoms with Crippen LogP contribution in [0.2, 0.25) is 0 Å². The standard InChI is InChI=1S/C13H23NO2/c1-2-3-9-13(15)14-10-6-11-16-12-7-4-5-8-12/h2-3,12H,4-11H2,1H3,(H,14,15). The first-order valence-corrected chi connectivity index (χ1v) is 6.32. The van der Waals surface area contributed by atoms with Crippen LogP contribution in [0, 0.1) is 0 Å². The smallest absolute Gasteiger partial charge is 0.223 e. The van der Waals surface area contributed by atoms with Crippen LogP contribution in [-0.4, -0.2) is 25.2 Å². The topological polar surface area (TPSA) is 38.3 Å². The van der Waals surface area contributed by atoms with E-state index in [0.717, 1.165) is 19.6 Å². The molecule has 0 saturated heterocycles. The Kier molecular flexibility index (Phi) is 6.90. The molecule has 1 fully saturated rings. The number of hydrogen-bond acceptors (Lipinski definition) is 2. The van der Waals surface area contributed by atoms with E-state index in [1.807, 2.05) is 19.1 Å². The van der Waals surface area contributed by atoms with Gasteiger partial charge in [-0.1, -0.05) is 25.0 Å². The minimum Gasteiger partial charge on any atom is -0.378 e. The Labute approximate surface area is 98.2 Å². The molecule has 92 valence electrons. The molecule has 0 aromatic carbocycles. The van der Waals surface area contributed by atoms with Crippen LogP contribution in [0.3, 0.4) is 0 Å². The van der Waals surface area contributed by atoms with E-state index < -0.39 is 0 Å². The molecule has 0 heterocycles. The highest BCUT2D eigenvalue weighted by Crippen LogP contribution is 2.20. The summed E-state index contributed by atoms with van der Waals surface area (Å²) >= 11 is 0. The van der Waals surface area contributed by atoms with E-state index in [-0.39, 0.29) is 5.91 Å². The van der Waals surface area contributed by atoms with Gasteiger partial charge in [-0.15, -0.1) is 0 Å². The largest absolute Gasteiger partial charge is 0.378 e. The molecular formula is C13H23NO2. The van der Waals surface area contributed by atoms with Crippen LogP contribution in [0.5, 0.6) is 0 Å². The summed E-state index contributed by atoms with van der Waals surface area (Å²) < 4.78 is 5.70. The summed E-state index contributed by atoms with van der Waals surface area (Å²) in [5, 5.41) is 2.87. The SMILES string of the molecule is CC=CCC(=O)NCCCOC1CCCC1. The monoisotopic (exact) mass is 225 g/mol. The first kappa shape index (κ1) is 13.2. The van der Waals surface area contributed by atoms with Gasteiger partial charge in [0, 0.05) is 19.6 Å². The number of ether oxygens (including phenoxy) is 1. The zero-order valence-corrected chi connectivity index (χ0v) is 10.2. The molecule has 1 rings (SSSR count). The van der Waals surface area contributed by atoms with Crippen molar-refractivity contribution in [3.8, 4) is 0 Å². The van der Waals surface area contributed by atoms with E-state index in [0.29, 0.717) is 12.5 Å². The Balaban J connectivity index is 1.89. The Morgan fingerprint density at radius 3 is 2.88 bits per heavy atom. The maximum Gasteiger partial charge on any atom is 0.223 e. The van der Waals surface area contributed by atoms with Crippen LogP contribution < -0.4 is 5.32 Å². The first-order valence-electron chi connectivity index (χ1n) is 6.32. The van der Waals surface area contributed by atoms with Gasteiger partial charge in [0.25, 0.3) is 0 Å². The second-order valence-corrected chi connectivity index (χ2v) is 4.25. The molecular weight excluding hydrogens is 202 g/mol. The number of hydrogen-bond donors (Lipinski definition) is 1. The fourth-order valence-electron chi connectivity index (χ4n) is 1.90. The van der Waals surface area contributed by atoms with Gasteiger partial charge >= 0.3 is 0 Å². The molecule has 1 amide bonds. The zero-order chi connectivity index (χ0) is 11.6. The number of nitrogens with one attached hydrogen (secondary N) is 1. The van der Waals surface area contributed by atoms with E-state index in [4.69, 9.17) is 4.74 Å². The van der Waals surface area contributed by atoms with Gasteiger partial charge in [-0.2, -0.15) is 0 Å². The van der Waals surface area contributed by atoms with Crippen molar-refractivity contribution in [3.63, 3.8) is 0 Å². The van der Waals surface area contributed by atoms with Crippen LogP contribution in [0.15, 0.2) is 12.2 Å². The number of rotatable bonds is 7. The lowest BCUT2D eigenvalue weighted by molar-refractivity contribution is -0.120. The molecule has 0 aliphatic heterocycles. The number of carbonyl (C=O) groups is 1. The molecule has 0 bridgehead atoms. The number of amides is 1. The normalized spacial score (nSPS) is 17.1. The van der Waals surface area contributed by atoms with Gasteiger partial charge in [0.15, 0.2) is 0 Å². The lowest BCUT2D eigenvalue weighted by Crippen LogP contribution is -2.24. The molecule has 0 aromatic heterocycles. The van der Waals surface area contributed by atoms with Crippen molar-refractivity contribution >= 4 is 5.91 Å². The van der Waals surface area contributed by atoms with Gasteiger partial charge < -0.3 is 10.1 Å². The van der Waals surface area contributed by atoms with Crippen molar-refractivity contribution < 1.29 is 9.53 Å². The van der Waals surface area contributed by atoms with Crippen LogP contribution in [0.1, 0.15) is 45.4 Å². The van der Waals surface area contributed by atoms with E-state index >= 15 is 0 Å². The van der Waals surface area contributed by atoms with E-state index in [9.17, 15) is 4.79 Å². The van der Waals surface area contributed by atoms with Crippen molar-refractivity contribution in [2.45, 2.75) is 51.6 Å². The molecule has 1 saturated carbocycles. The third-order valence-electron chi connectivity index (χ3n) is 2.84. The van der Waals surface area contributed by atoms with Crippen LogP contribution in [-0.2, 0) is 9.53 Å². The van der Waals surface area contributed by atoms with Crippen molar-refractivity contribution in [2.24, 2.45) is 0 Å². The average Bonchev–Trinajstić information content (AvgIpc) is 2.79. The fraction of sp³-hybridized carbons (Fsp3) is 0.769. The van der Waals surface area contributed by atoms with Crippen LogP contribution >= 0.6 is 0 Å². The minimum atomic E-state index is 0.0963. The van der Waals surface area contributed by atoms with Gasteiger partial charge in [0.1, 0.15) is 0 Å². The number of carbonyl (C=O) groups excluding carboxylic acids is 1. The summed E-state index contributed by atoms with van der Waals surface area (Å²) in [6, 6.07) is 0. The first-order chi connectivity index (χ1) is 7.83. The van der Waals surface area contributed by atoms with Crippen molar-refractivity contribution in [3.05, 3.63) is 12.2 Å². The molecule has 1 N–H and O–H groups in total. The fourth-order valence-corrected chi connectivity index (χ4v) is 1.90. The van der Waals surface area contributed by atoms with E-state index in [2.05, 4.69) is 5.32 Å². The minimum absolute atomic E-state index is 0.0963. The molecule has 3 nitrogen and oxygen atoms in total. The highest BCUT2D eigenvalue weighted by atomic mass is 16.5. The second kappa shape index (κ2) is 8.34.